The van der Waals surface area contributed by atoms with Gasteiger partial charge in [-0.15, -0.1) is 0 Å². The molecule has 20 heavy (non-hydrogen) atoms. The highest BCUT2D eigenvalue weighted by atomic mass is 16.2. The Morgan fingerprint density at radius 1 is 1.25 bits per heavy atom. The lowest BCUT2D eigenvalue weighted by Crippen LogP contribution is -2.41. The minimum atomic E-state index is -0.555. The lowest BCUT2D eigenvalue weighted by atomic mass is 9.83. The van der Waals surface area contributed by atoms with Gasteiger partial charge in [-0.2, -0.15) is 0 Å². The molecule has 2 N–H and O–H groups in total. The first kappa shape index (κ1) is 14.8. The van der Waals surface area contributed by atoms with Crippen LogP contribution in [0.15, 0.2) is 42.0 Å². The molecule has 3 nitrogen and oxygen atoms in total. The number of nitrogens with zero attached hydrogens (tertiary/aromatic N) is 1. The monoisotopic (exact) mass is 272 g/mol. The average molecular weight is 272 g/mol. The smallest absolute Gasteiger partial charge is 0.244 e. The maximum Gasteiger partial charge on any atom is 0.244 e. The number of benzene rings is 1. The van der Waals surface area contributed by atoms with Crippen molar-refractivity contribution >= 4 is 5.91 Å². The van der Waals surface area contributed by atoms with Crippen LogP contribution in [0.4, 0.5) is 0 Å². The molecule has 0 saturated heterocycles. The zero-order valence-electron chi connectivity index (χ0n) is 12.6. The molecular formula is C17H24N2O. The van der Waals surface area contributed by atoms with Crippen LogP contribution in [-0.2, 0) is 4.79 Å². The fourth-order valence-corrected chi connectivity index (χ4v) is 2.55. The average Bonchev–Trinajstić information content (AvgIpc) is 2.46. The number of carbonyl (C=O) groups excluding carboxylic acids is 1. The topological polar surface area (TPSA) is 46.3 Å². The van der Waals surface area contributed by atoms with Crippen molar-refractivity contribution in [3.63, 3.8) is 0 Å². The third-order valence-corrected chi connectivity index (χ3v) is 3.91. The normalized spacial score (nSPS) is 17.6. The molecule has 1 aromatic carbocycles. The Morgan fingerprint density at radius 2 is 1.90 bits per heavy atom. The number of hydrogen-bond donors (Lipinski definition) is 1. The van der Waals surface area contributed by atoms with Gasteiger partial charge in [0.05, 0.1) is 0 Å². The van der Waals surface area contributed by atoms with E-state index in [1.165, 1.54) is 5.57 Å². The van der Waals surface area contributed by atoms with Crippen LogP contribution in [0.25, 0.3) is 0 Å². The fourth-order valence-electron chi connectivity index (χ4n) is 2.55. The SMILES string of the molecule is CC(C)(C)C1=CCN(C(=O)C(N)c2ccccc2)CC1. The standard InChI is InChI=1S/C17H24N2O/c1-17(2,3)14-9-11-19(12-10-14)16(20)15(18)13-7-5-4-6-8-13/h4-9,15H,10-12,18H2,1-3H3. The van der Waals surface area contributed by atoms with E-state index in [-0.39, 0.29) is 11.3 Å². The summed E-state index contributed by atoms with van der Waals surface area (Å²) in [6.07, 6.45) is 3.12. The molecule has 1 amide bonds. The fraction of sp³-hybridized carbons (Fsp3) is 0.471. The zero-order valence-corrected chi connectivity index (χ0v) is 12.6. The quantitative estimate of drug-likeness (QED) is 0.841. The highest BCUT2D eigenvalue weighted by Gasteiger charge is 2.26. The molecule has 1 atom stereocenters. The largest absolute Gasteiger partial charge is 0.337 e. The van der Waals surface area contributed by atoms with Gasteiger partial charge in [0.15, 0.2) is 0 Å². The molecule has 0 bridgehead atoms. The van der Waals surface area contributed by atoms with E-state index in [0.717, 1.165) is 18.5 Å². The molecule has 1 aliphatic rings. The Labute approximate surface area is 121 Å². The number of rotatable bonds is 2. The van der Waals surface area contributed by atoms with Gasteiger partial charge in [0, 0.05) is 13.1 Å². The van der Waals surface area contributed by atoms with Gasteiger partial charge in [0.25, 0.3) is 0 Å². The highest BCUT2D eigenvalue weighted by molar-refractivity contribution is 5.83. The van der Waals surface area contributed by atoms with Gasteiger partial charge in [-0.3, -0.25) is 4.79 Å². The van der Waals surface area contributed by atoms with Crippen LogP contribution in [0.3, 0.4) is 0 Å². The molecule has 2 rings (SSSR count). The Kier molecular flexibility index (Phi) is 4.29. The van der Waals surface area contributed by atoms with Crippen molar-refractivity contribution in [1.29, 1.82) is 0 Å². The summed E-state index contributed by atoms with van der Waals surface area (Å²) in [5.41, 5.74) is 8.57. The van der Waals surface area contributed by atoms with Gasteiger partial charge >= 0.3 is 0 Å². The molecule has 1 heterocycles. The highest BCUT2D eigenvalue weighted by Crippen LogP contribution is 2.30. The van der Waals surface area contributed by atoms with Gasteiger partial charge in [0.1, 0.15) is 6.04 Å². The molecule has 0 aromatic heterocycles. The van der Waals surface area contributed by atoms with Crippen LogP contribution in [0.2, 0.25) is 0 Å². The molecule has 108 valence electrons. The Bertz CT molecular complexity index is 499. The second kappa shape index (κ2) is 5.80. The molecular weight excluding hydrogens is 248 g/mol. The number of carbonyl (C=O) groups is 1. The van der Waals surface area contributed by atoms with E-state index in [1.807, 2.05) is 35.2 Å². The third kappa shape index (κ3) is 3.28. The van der Waals surface area contributed by atoms with E-state index >= 15 is 0 Å². The molecule has 0 aliphatic carbocycles. The second-order valence-corrected chi connectivity index (χ2v) is 6.40. The number of amides is 1. The van der Waals surface area contributed by atoms with Gasteiger partial charge in [-0.25, -0.2) is 0 Å². The Balaban J connectivity index is 2.04. The van der Waals surface area contributed by atoms with Crippen molar-refractivity contribution in [3.8, 4) is 0 Å². The van der Waals surface area contributed by atoms with E-state index in [4.69, 9.17) is 5.73 Å². The van der Waals surface area contributed by atoms with E-state index in [2.05, 4.69) is 26.8 Å². The maximum atomic E-state index is 12.4. The molecule has 0 radical (unpaired) electrons. The molecule has 1 unspecified atom stereocenters. The van der Waals surface area contributed by atoms with Crippen molar-refractivity contribution in [3.05, 3.63) is 47.5 Å². The van der Waals surface area contributed by atoms with Crippen LogP contribution in [-0.4, -0.2) is 23.9 Å². The van der Waals surface area contributed by atoms with E-state index in [0.29, 0.717) is 6.54 Å². The predicted octanol–water partition coefficient (Wildman–Crippen LogP) is 2.89. The van der Waals surface area contributed by atoms with Gasteiger partial charge in [-0.1, -0.05) is 62.8 Å². The minimum Gasteiger partial charge on any atom is -0.337 e. The van der Waals surface area contributed by atoms with E-state index in [9.17, 15) is 4.79 Å². The minimum absolute atomic E-state index is 0.0143. The maximum absolute atomic E-state index is 12.4. The van der Waals surface area contributed by atoms with Gasteiger partial charge < -0.3 is 10.6 Å². The summed E-state index contributed by atoms with van der Waals surface area (Å²) >= 11 is 0. The Hall–Kier alpha value is -1.61. The van der Waals surface area contributed by atoms with Crippen molar-refractivity contribution < 1.29 is 4.79 Å². The number of nitrogens with two attached hydrogens (primary N) is 1. The Morgan fingerprint density at radius 3 is 2.40 bits per heavy atom. The van der Waals surface area contributed by atoms with Gasteiger partial charge in [-0.05, 0) is 17.4 Å². The van der Waals surface area contributed by atoms with Crippen molar-refractivity contribution in [1.82, 2.24) is 4.90 Å². The van der Waals surface area contributed by atoms with Crippen molar-refractivity contribution in [2.24, 2.45) is 11.1 Å². The second-order valence-electron chi connectivity index (χ2n) is 6.40. The van der Waals surface area contributed by atoms with Crippen LogP contribution in [0.1, 0.15) is 38.8 Å². The number of hydrogen-bond acceptors (Lipinski definition) is 2. The summed E-state index contributed by atoms with van der Waals surface area (Å²) in [6, 6.07) is 9.01. The van der Waals surface area contributed by atoms with Crippen molar-refractivity contribution in [2.45, 2.75) is 33.2 Å². The van der Waals surface area contributed by atoms with Gasteiger partial charge in [0.2, 0.25) is 5.91 Å². The molecule has 3 heteroatoms. The van der Waals surface area contributed by atoms with E-state index < -0.39 is 6.04 Å². The van der Waals surface area contributed by atoms with Crippen LogP contribution in [0.5, 0.6) is 0 Å². The molecule has 0 spiro atoms. The van der Waals surface area contributed by atoms with Crippen LogP contribution >= 0.6 is 0 Å². The lowest BCUT2D eigenvalue weighted by molar-refractivity contribution is -0.132. The summed E-state index contributed by atoms with van der Waals surface area (Å²) in [5, 5.41) is 0. The molecule has 0 fully saturated rings. The first-order valence-electron chi connectivity index (χ1n) is 7.18. The summed E-state index contributed by atoms with van der Waals surface area (Å²) in [4.78, 5) is 14.3. The first-order chi connectivity index (χ1) is 9.39. The van der Waals surface area contributed by atoms with Crippen LogP contribution in [0, 0.1) is 5.41 Å². The summed E-state index contributed by atoms with van der Waals surface area (Å²) < 4.78 is 0. The van der Waals surface area contributed by atoms with Crippen LogP contribution < -0.4 is 5.73 Å². The van der Waals surface area contributed by atoms with Crippen molar-refractivity contribution in [2.75, 3.05) is 13.1 Å². The zero-order chi connectivity index (χ0) is 14.8. The molecule has 0 saturated carbocycles. The third-order valence-electron chi connectivity index (χ3n) is 3.91. The summed E-state index contributed by atoms with van der Waals surface area (Å²) in [6.45, 7) is 8.08. The first-order valence-corrected chi connectivity index (χ1v) is 7.18. The molecule has 1 aliphatic heterocycles. The lowest BCUT2D eigenvalue weighted by Gasteiger charge is -2.33. The predicted molar refractivity (Wildman–Crippen MR) is 82.1 cm³/mol. The summed E-state index contributed by atoms with van der Waals surface area (Å²) in [5.74, 6) is 0.0143. The summed E-state index contributed by atoms with van der Waals surface area (Å²) in [7, 11) is 0. The van der Waals surface area contributed by atoms with E-state index in [1.54, 1.807) is 0 Å². The molecule has 1 aromatic rings.